The van der Waals surface area contributed by atoms with E-state index in [4.69, 9.17) is 5.11 Å². The lowest BCUT2D eigenvalue weighted by Gasteiger charge is -2.20. The first kappa shape index (κ1) is 25.9. The molecule has 2 aromatic carbocycles. The number of hydrogen-bond donors (Lipinski definition) is 3. The van der Waals surface area contributed by atoms with Crippen molar-refractivity contribution in [1.82, 2.24) is 0 Å². The molecule has 0 aliphatic carbocycles. The first-order chi connectivity index (χ1) is 15.5. The van der Waals surface area contributed by atoms with Gasteiger partial charge in [0.25, 0.3) is 0 Å². The molecule has 0 aliphatic rings. The van der Waals surface area contributed by atoms with Crippen LogP contribution in [0.3, 0.4) is 0 Å². The zero-order chi connectivity index (χ0) is 23.2. The molecule has 0 fully saturated rings. The van der Waals surface area contributed by atoms with Crippen molar-refractivity contribution in [3.8, 4) is 0 Å². The maximum Gasteiger partial charge on any atom is 0.334 e. The van der Waals surface area contributed by atoms with E-state index in [2.05, 4.69) is 24.3 Å². The van der Waals surface area contributed by atoms with Crippen molar-refractivity contribution >= 4 is 23.7 Å². The van der Waals surface area contributed by atoms with E-state index < -0.39 is 23.3 Å². The van der Waals surface area contributed by atoms with Gasteiger partial charge >= 0.3 is 11.9 Å². The van der Waals surface area contributed by atoms with Crippen LogP contribution < -0.4 is 0 Å². The number of aliphatic hydroxyl groups is 1. The number of carboxylic acid groups (broad SMARTS) is 2. The fourth-order valence-electron chi connectivity index (χ4n) is 3.71. The van der Waals surface area contributed by atoms with Crippen molar-refractivity contribution in [1.29, 1.82) is 0 Å². The fourth-order valence-corrected chi connectivity index (χ4v) is 4.89. The zero-order valence-corrected chi connectivity index (χ0v) is 19.3. The third-order valence-electron chi connectivity index (χ3n) is 5.46. The molecule has 0 radical (unpaired) electrons. The van der Waals surface area contributed by atoms with Crippen molar-refractivity contribution in [2.24, 2.45) is 0 Å². The highest BCUT2D eigenvalue weighted by molar-refractivity contribution is 7.99. The molecule has 5 nitrogen and oxygen atoms in total. The summed E-state index contributed by atoms with van der Waals surface area (Å²) in [7, 11) is 0. The van der Waals surface area contributed by atoms with Crippen LogP contribution in [0.1, 0.15) is 66.9 Å². The number of benzene rings is 2. The summed E-state index contributed by atoms with van der Waals surface area (Å²) in [6.45, 7) is 0. The van der Waals surface area contributed by atoms with Crippen LogP contribution in [0.4, 0.5) is 0 Å². The summed E-state index contributed by atoms with van der Waals surface area (Å²) < 4.78 is 0. The molecule has 0 heterocycles. The van der Waals surface area contributed by atoms with Crippen LogP contribution in [0, 0.1) is 0 Å². The normalized spacial score (nSPS) is 12.9. The van der Waals surface area contributed by atoms with E-state index in [-0.39, 0.29) is 12.2 Å². The number of thioether (sulfide) groups is 1. The van der Waals surface area contributed by atoms with E-state index in [1.165, 1.54) is 43.0 Å². The molecule has 32 heavy (non-hydrogen) atoms. The highest BCUT2D eigenvalue weighted by atomic mass is 32.2. The van der Waals surface area contributed by atoms with Crippen LogP contribution >= 0.6 is 11.8 Å². The minimum atomic E-state index is -1.57. The number of unbranched alkanes of at least 4 members (excludes halogenated alkanes) is 5. The van der Waals surface area contributed by atoms with Crippen LogP contribution in [0.25, 0.3) is 0 Å². The van der Waals surface area contributed by atoms with E-state index in [0.717, 1.165) is 36.8 Å². The Labute approximate surface area is 194 Å². The molecule has 0 spiro atoms. The van der Waals surface area contributed by atoms with Gasteiger partial charge in [-0.2, -0.15) is 0 Å². The molecule has 0 saturated carbocycles. The van der Waals surface area contributed by atoms with Crippen molar-refractivity contribution in [3.05, 3.63) is 71.3 Å². The number of aliphatic carboxylic acids is 2. The van der Waals surface area contributed by atoms with Gasteiger partial charge in [-0.05, 0) is 42.4 Å². The van der Waals surface area contributed by atoms with E-state index in [0.29, 0.717) is 0 Å². The van der Waals surface area contributed by atoms with E-state index in [9.17, 15) is 19.8 Å². The Balaban J connectivity index is 1.74. The summed E-state index contributed by atoms with van der Waals surface area (Å²) in [6, 6.07) is 18.2. The predicted octanol–water partition coefficient (Wildman–Crippen LogP) is 5.51. The molecule has 6 heteroatoms. The molecule has 2 atom stereocenters. The molecule has 2 unspecified atom stereocenters. The average Bonchev–Trinajstić information content (AvgIpc) is 2.78. The van der Waals surface area contributed by atoms with E-state index in [1.54, 1.807) is 6.07 Å². The van der Waals surface area contributed by atoms with Gasteiger partial charge in [-0.15, -0.1) is 11.8 Å². The number of carbonyl (C=O) groups is 2. The Kier molecular flexibility index (Phi) is 11.9. The second-order valence-corrected chi connectivity index (χ2v) is 9.32. The molecule has 2 rings (SSSR count). The summed E-state index contributed by atoms with van der Waals surface area (Å²) in [5, 5.41) is 27.5. The van der Waals surface area contributed by atoms with Crippen LogP contribution in [0.2, 0.25) is 0 Å². The smallest absolute Gasteiger partial charge is 0.334 e. The summed E-state index contributed by atoms with van der Waals surface area (Å²) in [6.07, 6.45) is 7.55. The Morgan fingerprint density at radius 1 is 0.781 bits per heavy atom. The minimum Gasteiger partial charge on any atom is -0.481 e. The Bertz CT molecular complexity index is 824. The van der Waals surface area contributed by atoms with Gasteiger partial charge in [0.15, 0.2) is 6.10 Å². The standard InChI is InChI=1S/C26H34O5S/c27-23(28)17-18-32-25(24(29)26(30)31)22-16-10-15-21(19-22)14-7-4-2-1-3-6-11-20-12-8-5-9-13-20/h5,8-10,12-13,15-16,19,24-25,29H,1-4,6-7,11,14,17-18H2,(H,27,28)(H,30,31). The zero-order valence-electron chi connectivity index (χ0n) is 18.5. The summed E-state index contributed by atoms with van der Waals surface area (Å²) in [4.78, 5) is 22.1. The monoisotopic (exact) mass is 458 g/mol. The van der Waals surface area contributed by atoms with E-state index in [1.807, 2.05) is 24.3 Å². The fraction of sp³-hybridized carbons (Fsp3) is 0.462. The second-order valence-electron chi connectivity index (χ2n) is 8.07. The number of carboxylic acids is 2. The van der Waals surface area contributed by atoms with Crippen molar-refractivity contribution in [2.75, 3.05) is 5.75 Å². The van der Waals surface area contributed by atoms with Gasteiger partial charge in [0.05, 0.1) is 11.7 Å². The molecule has 0 saturated heterocycles. The number of aryl methyl sites for hydroxylation is 2. The quantitative estimate of drug-likeness (QED) is 0.287. The molecule has 0 amide bonds. The van der Waals surface area contributed by atoms with Gasteiger partial charge in [0.1, 0.15) is 0 Å². The van der Waals surface area contributed by atoms with Crippen LogP contribution in [-0.4, -0.2) is 39.1 Å². The van der Waals surface area contributed by atoms with Gasteiger partial charge in [-0.25, -0.2) is 4.79 Å². The lowest BCUT2D eigenvalue weighted by molar-refractivity contribution is -0.146. The topological polar surface area (TPSA) is 94.8 Å². The van der Waals surface area contributed by atoms with E-state index >= 15 is 0 Å². The Morgan fingerprint density at radius 3 is 2.00 bits per heavy atom. The molecule has 0 aromatic heterocycles. The van der Waals surface area contributed by atoms with Crippen molar-refractivity contribution < 1.29 is 24.9 Å². The third-order valence-corrected chi connectivity index (χ3v) is 6.79. The predicted molar refractivity (Wildman–Crippen MR) is 129 cm³/mol. The third kappa shape index (κ3) is 9.88. The maximum atomic E-state index is 11.3. The molecule has 0 aliphatic heterocycles. The van der Waals surface area contributed by atoms with Gasteiger partial charge < -0.3 is 15.3 Å². The van der Waals surface area contributed by atoms with Crippen molar-refractivity contribution in [2.45, 2.75) is 69.1 Å². The van der Waals surface area contributed by atoms with Gasteiger partial charge in [0.2, 0.25) is 0 Å². The lowest BCUT2D eigenvalue weighted by Crippen LogP contribution is -2.26. The SMILES string of the molecule is O=C(O)CCSC(c1cccc(CCCCCCCCc2ccccc2)c1)C(O)C(=O)O. The molecule has 2 aromatic rings. The molecular weight excluding hydrogens is 424 g/mol. The summed E-state index contributed by atoms with van der Waals surface area (Å²) >= 11 is 1.17. The second kappa shape index (κ2) is 14.7. The lowest BCUT2D eigenvalue weighted by atomic mass is 10.00. The minimum absolute atomic E-state index is 0.0709. The summed E-state index contributed by atoms with van der Waals surface area (Å²) in [5.41, 5.74) is 3.25. The molecule has 174 valence electrons. The van der Waals surface area contributed by atoms with Crippen LogP contribution in [-0.2, 0) is 22.4 Å². The highest BCUT2D eigenvalue weighted by Crippen LogP contribution is 2.33. The number of hydrogen-bond acceptors (Lipinski definition) is 4. The number of aliphatic hydroxyl groups excluding tert-OH is 1. The highest BCUT2D eigenvalue weighted by Gasteiger charge is 2.28. The van der Waals surface area contributed by atoms with Gasteiger partial charge in [0, 0.05) is 5.75 Å². The molecular formula is C26H34O5S. The van der Waals surface area contributed by atoms with Crippen LogP contribution in [0.15, 0.2) is 54.6 Å². The Hall–Kier alpha value is -2.31. The van der Waals surface area contributed by atoms with Gasteiger partial charge in [-0.3, -0.25) is 4.79 Å². The molecule has 0 bridgehead atoms. The summed E-state index contributed by atoms with van der Waals surface area (Å²) in [5.74, 6) is -1.98. The van der Waals surface area contributed by atoms with Gasteiger partial charge in [-0.1, -0.05) is 80.3 Å². The Morgan fingerprint density at radius 2 is 1.38 bits per heavy atom. The first-order valence-electron chi connectivity index (χ1n) is 11.3. The van der Waals surface area contributed by atoms with Crippen LogP contribution in [0.5, 0.6) is 0 Å². The maximum absolute atomic E-state index is 11.3. The number of rotatable bonds is 16. The largest absolute Gasteiger partial charge is 0.481 e. The average molecular weight is 459 g/mol. The first-order valence-corrected chi connectivity index (χ1v) is 12.4. The molecule has 3 N–H and O–H groups in total. The van der Waals surface area contributed by atoms with Crippen molar-refractivity contribution in [3.63, 3.8) is 0 Å².